The van der Waals surface area contributed by atoms with Crippen molar-refractivity contribution >= 4 is 11.4 Å². The molecule has 0 bridgehead atoms. The van der Waals surface area contributed by atoms with Crippen LogP contribution in [0.5, 0.6) is 0 Å². The number of anilines is 1. The van der Waals surface area contributed by atoms with Crippen LogP contribution in [-0.2, 0) is 6.18 Å². The van der Waals surface area contributed by atoms with Crippen LogP contribution in [0.25, 0.3) is 17.1 Å². The maximum Gasteiger partial charge on any atom is 0.471 e. The zero-order valence-corrected chi connectivity index (χ0v) is 20.1. The van der Waals surface area contributed by atoms with E-state index in [0.717, 1.165) is 60.3 Å². The quantitative estimate of drug-likeness (QED) is 0.259. The normalized spacial score (nSPS) is 12.3. The summed E-state index contributed by atoms with van der Waals surface area (Å²) < 4.78 is 42.6. The van der Waals surface area contributed by atoms with Gasteiger partial charge in [0.2, 0.25) is 5.82 Å². The first-order valence-corrected chi connectivity index (χ1v) is 11.6. The summed E-state index contributed by atoms with van der Waals surface area (Å²) in [4.78, 5) is 3.46. The second kappa shape index (κ2) is 11.7. The van der Waals surface area contributed by atoms with Gasteiger partial charge >= 0.3 is 12.1 Å². The van der Waals surface area contributed by atoms with E-state index in [0.29, 0.717) is 5.56 Å². The number of hydrogen-bond donors (Lipinski definition) is 2. The molecular weight excluding hydrogens is 453 g/mol. The second-order valence-electron chi connectivity index (χ2n) is 8.57. The number of halogens is 3. The molecule has 0 spiro atoms. The average Bonchev–Trinajstić information content (AvgIpc) is 3.33. The molecule has 0 amide bonds. The monoisotopic (exact) mass is 484 g/mol. The molecule has 1 atom stereocenters. The predicted octanol–water partition coefficient (Wildman–Crippen LogP) is 7.63. The fraction of sp³-hybridized carbons (Fsp3) is 0.333. The van der Waals surface area contributed by atoms with Gasteiger partial charge in [-0.1, -0.05) is 73.5 Å². The third kappa shape index (κ3) is 7.47. The van der Waals surface area contributed by atoms with E-state index in [9.17, 15) is 13.2 Å². The van der Waals surface area contributed by atoms with E-state index < -0.39 is 12.1 Å². The molecular formula is C27H31F3N4O. The second-order valence-corrected chi connectivity index (χ2v) is 8.57. The Balaban J connectivity index is 1.69. The van der Waals surface area contributed by atoms with Gasteiger partial charge in [-0.3, -0.25) is 0 Å². The molecule has 0 aliphatic rings. The molecule has 0 aliphatic heterocycles. The van der Waals surface area contributed by atoms with Crippen molar-refractivity contribution < 1.29 is 17.7 Å². The maximum atomic E-state index is 12.7. The number of aromatic nitrogens is 2. The highest BCUT2D eigenvalue weighted by atomic mass is 19.4. The molecule has 35 heavy (non-hydrogen) atoms. The van der Waals surface area contributed by atoms with Gasteiger partial charge in [-0.15, -0.1) is 6.58 Å². The standard InChI is InChI=1S/C27H31F3N4O/c1-5-6-7-24(32-23-14-12-20(13-15-23)19(4)31-17-16-18(2)3)21-8-10-22(11-9-21)25-33-26(35-34-25)27(28,29)30/h8-15,24,31-32H,2,4-7,16-17H2,1,3H3. The Hall–Kier alpha value is -3.55. The lowest BCUT2D eigenvalue weighted by Crippen LogP contribution is -2.13. The van der Waals surface area contributed by atoms with Crippen molar-refractivity contribution in [2.24, 2.45) is 0 Å². The first-order valence-electron chi connectivity index (χ1n) is 11.6. The van der Waals surface area contributed by atoms with Gasteiger partial charge in [0.05, 0.1) is 6.04 Å². The van der Waals surface area contributed by atoms with E-state index in [-0.39, 0.29) is 11.9 Å². The molecule has 186 valence electrons. The Morgan fingerprint density at radius 3 is 2.31 bits per heavy atom. The number of hydrogen-bond acceptors (Lipinski definition) is 5. The van der Waals surface area contributed by atoms with Crippen molar-refractivity contribution in [2.75, 3.05) is 11.9 Å². The average molecular weight is 485 g/mol. The zero-order valence-electron chi connectivity index (χ0n) is 20.1. The number of unbranched alkanes of at least 4 members (excludes halogenated alkanes) is 1. The van der Waals surface area contributed by atoms with Gasteiger partial charge in [0, 0.05) is 23.5 Å². The molecule has 0 radical (unpaired) electrons. The van der Waals surface area contributed by atoms with Crippen LogP contribution in [0.3, 0.4) is 0 Å². The fourth-order valence-corrected chi connectivity index (χ4v) is 3.55. The molecule has 0 aliphatic carbocycles. The smallest absolute Gasteiger partial charge is 0.385 e. The van der Waals surface area contributed by atoms with Crippen LogP contribution in [0.1, 0.15) is 62.6 Å². The van der Waals surface area contributed by atoms with E-state index in [1.807, 2.05) is 43.3 Å². The molecule has 1 unspecified atom stereocenters. The molecule has 0 fully saturated rings. The van der Waals surface area contributed by atoms with Crippen LogP contribution in [0, 0.1) is 0 Å². The molecule has 1 aromatic heterocycles. The summed E-state index contributed by atoms with van der Waals surface area (Å²) in [5.74, 6) is -1.44. The lowest BCUT2D eigenvalue weighted by Gasteiger charge is -2.21. The highest BCUT2D eigenvalue weighted by Gasteiger charge is 2.38. The number of benzene rings is 2. The van der Waals surface area contributed by atoms with E-state index in [2.05, 4.69) is 45.4 Å². The van der Waals surface area contributed by atoms with Crippen LogP contribution < -0.4 is 10.6 Å². The molecule has 2 N–H and O–H groups in total. The van der Waals surface area contributed by atoms with Crippen LogP contribution >= 0.6 is 0 Å². The lowest BCUT2D eigenvalue weighted by molar-refractivity contribution is -0.159. The van der Waals surface area contributed by atoms with Gasteiger partial charge in [-0.05, 0) is 43.0 Å². The molecule has 0 saturated carbocycles. The molecule has 5 nitrogen and oxygen atoms in total. The number of nitrogens with one attached hydrogen (secondary N) is 2. The Morgan fingerprint density at radius 1 is 1.06 bits per heavy atom. The van der Waals surface area contributed by atoms with Gasteiger partial charge < -0.3 is 15.2 Å². The van der Waals surface area contributed by atoms with Crippen molar-refractivity contribution in [2.45, 2.75) is 51.7 Å². The van der Waals surface area contributed by atoms with Gasteiger partial charge in [-0.25, -0.2) is 0 Å². The molecule has 0 saturated heterocycles. The van der Waals surface area contributed by atoms with Crippen LogP contribution in [0.2, 0.25) is 0 Å². The molecule has 3 aromatic rings. The lowest BCUT2D eigenvalue weighted by atomic mass is 9.99. The third-order valence-electron chi connectivity index (χ3n) is 5.55. The zero-order chi connectivity index (χ0) is 25.4. The SMILES string of the molecule is C=C(C)CCNC(=C)c1ccc(NC(CCCC)c2ccc(-c3noc(C(F)(F)F)n3)cc2)cc1. The minimum absolute atomic E-state index is 0.0442. The number of rotatable bonds is 12. The largest absolute Gasteiger partial charge is 0.471 e. The van der Waals surface area contributed by atoms with Gasteiger partial charge in [-0.2, -0.15) is 18.2 Å². The van der Waals surface area contributed by atoms with Crippen molar-refractivity contribution in [3.05, 3.63) is 84.3 Å². The van der Waals surface area contributed by atoms with Crippen molar-refractivity contribution in [3.8, 4) is 11.4 Å². The van der Waals surface area contributed by atoms with Gasteiger partial charge in [0.25, 0.3) is 0 Å². The van der Waals surface area contributed by atoms with Crippen LogP contribution in [0.4, 0.5) is 18.9 Å². The van der Waals surface area contributed by atoms with Gasteiger partial charge in [0.15, 0.2) is 0 Å². The highest BCUT2D eigenvalue weighted by Crippen LogP contribution is 2.31. The Bertz CT molecular complexity index is 1120. The van der Waals surface area contributed by atoms with E-state index >= 15 is 0 Å². The third-order valence-corrected chi connectivity index (χ3v) is 5.55. The molecule has 2 aromatic carbocycles. The summed E-state index contributed by atoms with van der Waals surface area (Å²) in [6.07, 6.45) is -0.780. The predicted molar refractivity (Wildman–Crippen MR) is 134 cm³/mol. The van der Waals surface area contributed by atoms with Crippen molar-refractivity contribution in [3.63, 3.8) is 0 Å². The van der Waals surface area contributed by atoms with Gasteiger partial charge in [0.1, 0.15) is 0 Å². The summed E-state index contributed by atoms with van der Waals surface area (Å²) in [5.41, 5.74) is 5.47. The summed E-state index contributed by atoms with van der Waals surface area (Å²) in [6, 6.07) is 15.3. The number of alkyl halides is 3. The van der Waals surface area contributed by atoms with Crippen molar-refractivity contribution in [1.82, 2.24) is 15.5 Å². The fourth-order valence-electron chi connectivity index (χ4n) is 3.55. The van der Waals surface area contributed by atoms with E-state index in [1.165, 1.54) is 0 Å². The summed E-state index contributed by atoms with van der Waals surface area (Å²) >= 11 is 0. The maximum absolute atomic E-state index is 12.7. The van der Waals surface area contributed by atoms with E-state index in [4.69, 9.17) is 0 Å². The molecule has 3 rings (SSSR count). The Kier molecular flexibility index (Phi) is 8.73. The number of nitrogens with zero attached hydrogens (tertiary/aromatic N) is 2. The highest BCUT2D eigenvalue weighted by molar-refractivity contribution is 5.64. The van der Waals surface area contributed by atoms with Crippen molar-refractivity contribution in [1.29, 1.82) is 0 Å². The molecule has 8 heteroatoms. The summed E-state index contributed by atoms with van der Waals surface area (Å²) in [5, 5.41) is 10.4. The molecule has 1 heterocycles. The Labute approximate surface area is 204 Å². The minimum atomic E-state index is -4.66. The van der Waals surface area contributed by atoms with E-state index in [1.54, 1.807) is 12.1 Å². The summed E-state index contributed by atoms with van der Waals surface area (Å²) in [7, 11) is 0. The van der Waals surface area contributed by atoms with Crippen LogP contribution in [0.15, 0.2) is 71.8 Å². The topological polar surface area (TPSA) is 63.0 Å². The van der Waals surface area contributed by atoms with Crippen LogP contribution in [-0.4, -0.2) is 16.7 Å². The Morgan fingerprint density at radius 2 is 1.74 bits per heavy atom. The first-order chi connectivity index (χ1) is 16.7. The first kappa shape index (κ1) is 26.1. The minimum Gasteiger partial charge on any atom is -0.385 e. The summed E-state index contributed by atoms with van der Waals surface area (Å²) in [6.45, 7) is 13.0.